The van der Waals surface area contributed by atoms with Crippen LogP contribution in [0.4, 0.5) is 5.69 Å². The minimum Gasteiger partial charge on any atom is -0.495 e. The summed E-state index contributed by atoms with van der Waals surface area (Å²) in [6, 6.07) is 8.60. The lowest BCUT2D eigenvalue weighted by atomic mass is 10.2. The molecule has 0 saturated carbocycles. The van der Waals surface area contributed by atoms with E-state index >= 15 is 0 Å². The van der Waals surface area contributed by atoms with Crippen molar-refractivity contribution in [1.29, 1.82) is 0 Å². The Morgan fingerprint density at radius 2 is 2.11 bits per heavy atom. The third-order valence-electron chi connectivity index (χ3n) is 4.94. The Balaban J connectivity index is 1.82. The van der Waals surface area contributed by atoms with Gasteiger partial charge in [-0.15, -0.1) is 0 Å². The van der Waals surface area contributed by atoms with E-state index in [0.29, 0.717) is 6.04 Å². The lowest BCUT2D eigenvalue weighted by Gasteiger charge is -2.22. The highest BCUT2D eigenvalue weighted by Gasteiger charge is 2.25. The predicted molar refractivity (Wildman–Crippen MR) is 117 cm³/mol. The highest BCUT2D eigenvalue weighted by Crippen LogP contribution is 2.30. The van der Waals surface area contributed by atoms with Crippen molar-refractivity contribution in [3.8, 4) is 5.75 Å². The molecule has 0 spiro atoms. The standard InChI is InChI=1S/C21H37N5O2/c1-5-22-21(23-12-8-13-25(2)15-16-27-3)24-18-11-14-26(17-18)19-9-6-7-10-20(19)28-4/h6-7,9-10,18H,5,8,11-17H2,1-4H3,(H2,22,23,24). The first-order valence-corrected chi connectivity index (χ1v) is 10.3. The molecule has 7 heteroatoms. The summed E-state index contributed by atoms with van der Waals surface area (Å²) in [5.74, 6) is 1.84. The summed E-state index contributed by atoms with van der Waals surface area (Å²) in [7, 11) is 5.59. The predicted octanol–water partition coefficient (Wildman–Crippen LogP) is 1.80. The summed E-state index contributed by atoms with van der Waals surface area (Å²) in [6.07, 6.45) is 2.12. The second-order valence-electron chi connectivity index (χ2n) is 7.16. The van der Waals surface area contributed by atoms with Crippen LogP contribution in [0.2, 0.25) is 0 Å². The third kappa shape index (κ3) is 7.20. The van der Waals surface area contributed by atoms with Gasteiger partial charge in [0.15, 0.2) is 5.96 Å². The maximum Gasteiger partial charge on any atom is 0.191 e. The topological polar surface area (TPSA) is 61.4 Å². The fourth-order valence-electron chi connectivity index (χ4n) is 3.39. The van der Waals surface area contributed by atoms with Crippen LogP contribution in [0.5, 0.6) is 5.75 Å². The molecule has 1 aliphatic rings. The molecule has 1 aromatic rings. The van der Waals surface area contributed by atoms with Crippen molar-refractivity contribution in [2.75, 3.05) is 72.0 Å². The molecule has 158 valence electrons. The van der Waals surface area contributed by atoms with E-state index in [-0.39, 0.29) is 0 Å². The lowest BCUT2D eigenvalue weighted by molar-refractivity contribution is 0.161. The number of likely N-dealkylation sites (N-methyl/N-ethyl adjacent to an activating group) is 1. The average Bonchev–Trinajstić information content (AvgIpc) is 3.18. The number of benzene rings is 1. The van der Waals surface area contributed by atoms with Gasteiger partial charge in [0.2, 0.25) is 0 Å². The number of aliphatic imine (C=N–C) groups is 1. The molecule has 0 bridgehead atoms. The molecular formula is C21H37N5O2. The van der Waals surface area contributed by atoms with Gasteiger partial charge in [-0.25, -0.2) is 0 Å². The molecule has 0 amide bonds. The molecule has 1 aliphatic heterocycles. The maximum atomic E-state index is 5.51. The first-order chi connectivity index (χ1) is 13.7. The van der Waals surface area contributed by atoms with Crippen LogP contribution in [0.15, 0.2) is 29.3 Å². The van der Waals surface area contributed by atoms with Gasteiger partial charge in [0.05, 0.1) is 19.4 Å². The van der Waals surface area contributed by atoms with E-state index in [1.54, 1.807) is 14.2 Å². The first kappa shape index (κ1) is 22.3. The van der Waals surface area contributed by atoms with Gasteiger partial charge in [-0.3, -0.25) is 4.99 Å². The molecule has 1 fully saturated rings. The van der Waals surface area contributed by atoms with Crippen LogP contribution in [0, 0.1) is 0 Å². The molecule has 28 heavy (non-hydrogen) atoms. The zero-order chi connectivity index (χ0) is 20.2. The summed E-state index contributed by atoms with van der Waals surface area (Å²) in [5, 5.41) is 6.97. The number of methoxy groups -OCH3 is 2. The summed E-state index contributed by atoms with van der Waals surface area (Å²) in [5.41, 5.74) is 1.16. The van der Waals surface area contributed by atoms with Crippen molar-refractivity contribution in [2.45, 2.75) is 25.8 Å². The second-order valence-corrected chi connectivity index (χ2v) is 7.16. The van der Waals surface area contributed by atoms with Gasteiger partial charge in [-0.1, -0.05) is 12.1 Å². The molecule has 0 aromatic heterocycles. The summed E-state index contributed by atoms with van der Waals surface area (Å²) >= 11 is 0. The third-order valence-corrected chi connectivity index (χ3v) is 4.94. The van der Waals surface area contributed by atoms with E-state index in [0.717, 1.165) is 76.1 Å². The normalized spacial score (nSPS) is 17.2. The number of guanidine groups is 1. The number of rotatable bonds is 11. The van der Waals surface area contributed by atoms with Gasteiger partial charge in [0, 0.05) is 45.9 Å². The molecule has 0 radical (unpaired) electrons. The van der Waals surface area contributed by atoms with Gasteiger partial charge < -0.3 is 29.9 Å². The van der Waals surface area contributed by atoms with E-state index in [1.807, 2.05) is 12.1 Å². The van der Waals surface area contributed by atoms with Gasteiger partial charge in [-0.2, -0.15) is 0 Å². The van der Waals surface area contributed by atoms with Crippen molar-refractivity contribution in [3.63, 3.8) is 0 Å². The van der Waals surface area contributed by atoms with Crippen LogP contribution in [0.25, 0.3) is 0 Å². The van der Waals surface area contributed by atoms with Gasteiger partial charge >= 0.3 is 0 Å². The monoisotopic (exact) mass is 391 g/mol. The van der Waals surface area contributed by atoms with Crippen LogP contribution in [-0.2, 0) is 4.74 Å². The highest BCUT2D eigenvalue weighted by molar-refractivity contribution is 5.80. The number of ether oxygens (including phenoxy) is 2. The van der Waals surface area contributed by atoms with E-state index in [2.05, 4.69) is 46.5 Å². The second kappa shape index (κ2) is 12.5. The fraction of sp³-hybridized carbons (Fsp3) is 0.667. The van der Waals surface area contributed by atoms with Crippen LogP contribution < -0.4 is 20.3 Å². The van der Waals surface area contributed by atoms with Crippen LogP contribution in [-0.4, -0.2) is 84.0 Å². The lowest BCUT2D eigenvalue weighted by Crippen LogP contribution is -2.44. The minimum atomic E-state index is 0.382. The Bertz CT molecular complexity index is 596. The zero-order valence-electron chi connectivity index (χ0n) is 17.9. The smallest absolute Gasteiger partial charge is 0.191 e. The van der Waals surface area contributed by atoms with Crippen molar-refractivity contribution in [3.05, 3.63) is 24.3 Å². The SMILES string of the molecule is CCNC(=NCCCN(C)CCOC)NC1CCN(c2ccccc2OC)C1. The Kier molecular flexibility index (Phi) is 9.93. The Morgan fingerprint density at radius 1 is 1.29 bits per heavy atom. The summed E-state index contributed by atoms with van der Waals surface area (Å²) in [6.45, 7) is 8.50. The molecule has 7 nitrogen and oxygen atoms in total. The largest absolute Gasteiger partial charge is 0.495 e. The van der Waals surface area contributed by atoms with E-state index in [1.165, 1.54) is 0 Å². The number of para-hydroxylation sites is 2. The molecule has 1 heterocycles. The zero-order valence-corrected chi connectivity index (χ0v) is 17.9. The molecule has 1 unspecified atom stereocenters. The van der Waals surface area contributed by atoms with Crippen molar-refractivity contribution >= 4 is 11.6 Å². The fourth-order valence-corrected chi connectivity index (χ4v) is 3.39. The van der Waals surface area contributed by atoms with Gasteiger partial charge in [0.25, 0.3) is 0 Å². The van der Waals surface area contributed by atoms with Crippen LogP contribution >= 0.6 is 0 Å². The number of hydrogen-bond donors (Lipinski definition) is 2. The van der Waals surface area contributed by atoms with Crippen molar-refractivity contribution < 1.29 is 9.47 Å². The number of nitrogens with zero attached hydrogens (tertiary/aromatic N) is 3. The van der Waals surface area contributed by atoms with Crippen LogP contribution in [0.1, 0.15) is 19.8 Å². The Morgan fingerprint density at radius 3 is 2.86 bits per heavy atom. The van der Waals surface area contributed by atoms with Gasteiger partial charge in [-0.05, 0) is 45.5 Å². The van der Waals surface area contributed by atoms with Gasteiger partial charge in [0.1, 0.15) is 5.75 Å². The molecule has 1 aromatic carbocycles. The quantitative estimate of drug-likeness (QED) is 0.341. The molecule has 1 atom stereocenters. The van der Waals surface area contributed by atoms with Crippen molar-refractivity contribution in [2.24, 2.45) is 4.99 Å². The van der Waals surface area contributed by atoms with Crippen molar-refractivity contribution in [1.82, 2.24) is 15.5 Å². The number of hydrogen-bond acceptors (Lipinski definition) is 5. The highest BCUT2D eigenvalue weighted by atomic mass is 16.5. The number of nitrogens with one attached hydrogen (secondary N) is 2. The van der Waals surface area contributed by atoms with Crippen LogP contribution in [0.3, 0.4) is 0 Å². The van der Waals surface area contributed by atoms with E-state index < -0.39 is 0 Å². The Labute approximate surface area is 170 Å². The molecular weight excluding hydrogens is 354 g/mol. The molecule has 0 aliphatic carbocycles. The summed E-state index contributed by atoms with van der Waals surface area (Å²) < 4.78 is 10.6. The molecule has 1 saturated heterocycles. The minimum absolute atomic E-state index is 0.382. The molecule has 2 N–H and O–H groups in total. The Hall–Kier alpha value is -1.99. The summed E-state index contributed by atoms with van der Waals surface area (Å²) in [4.78, 5) is 9.41. The number of anilines is 1. The van der Waals surface area contributed by atoms with E-state index in [9.17, 15) is 0 Å². The average molecular weight is 392 g/mol. The molecule has 2 rings (SSSR count). The van der Waals surface area contributed by atoms with E-state index in [4.69, 9.17) is 14.5 Å². The maximum absolute atomic E-state index is 5.51. The first-order valence-electron chi connectivity index (χ1n) is 10.3.